The molecule has 2 fully saturated rings. The minimum absolute atomic E-state index is 0. The summed E-state index contributed by atoms with van der Waals surface area (Å²) in [6.07, 6.45) is 5.87. The number of aryl methyl sites for hydroxylation is 3. The number of aromatic nitrogens is 2. The van der Waals surface area contributed by atoms with Crippen molar-refractivity contribution in [3.8, 4) is 0 Å². The first-order valence-electron chi connectivity index (χ1n) is 9.14. The highest BCUT2D eigenvalue weighted by Crippen LogP contribution is 2.34. The van der Waals surface area contributed by atoms with Crippen molar-refractivity contribution < 1.29 is 4.74 Å². The lowest BCUT2D eigenvalue weighted by Gasteiger charge is -2.46. The van der Waals surface area contributed by atoms with Crippen molar-refractivity contribution in [1.29, 1.82) is 0 Å². The van der Waals surface area contributed by atoms with Crippen LogP contribution in [0.4, 0.5) is 0 Å². The second kappa shape index (κ2) is 10.1. The van der Waals surface area contributed by atoms with Crippen LogP contribution in [-0.4, -0.2) is 59.6 Å². The van der Waals surface area contributed by atoms with E-state index in [9.17, 15) is 0 Å². The Kier molecular flexibility index (Phi) is 9.19. The molecule has 25 heavy (non-hydrogen) atoms. The van der Waals surface area contributed by atoms with E-state index in [-0.39, 0.29) is 30.4 Å². The molecule has 0 bridgehead atoms. The van der Waals surface area contributed by atoms with Gasteiger partial charge in [-0.05, 0) is 78.7 Å². The number of nitrogens with one attached hydrogen (secondary N) is 1. The molecule has 1 aromatic rings. The van der Waals surface area contributed by atoms with Gasteiger partial charge in [0.1, 0.15) is 0 Å². The summed E-state index contributed by atoms with van der Waals surface area (Å²) in [5, 5.41) is 8.02. The van der Waals surface area contributed by atoms with Crippen LogP contribution in [0.1, 0.15) is 43.5 Å². The van der Waals surface area contributed by atoms with Gasteiger partial charge < -0.3 is 15.0 Å². The molecule has 2 saturated heterocycles. The van der Waals surface area contributed by atoms with Gasteiger partial charge in [0, 0.05) is 24.9 Å². The molecular weight excluding hydrogens is 359 g/mol. The van der Waals surface area contributed by atoms with Gasteiger partial charge in [-0.15, -0.1) is 24.8 Å². The maximum Gasteiger partial charge on any atom is 0.0721 e. The van der Waals surface area contributed by atoms with Crippen LogP contribution < -0.4 is 5.32 Å². The van der Waals surface area contributed by atoms with Crippen LogP contribution in [0.2, 0.25) is 0 Å². The molecule has 0 radical (unpaired) electrons. The van der Waals surface area contributed by atoms with Crippen LogP contribution >= 0.6 is 24.8 Å². The van der Waals surface area contributed by atoms with Crippen molar-refractivity contribution in [1.82, 2.24) is 20.0 Å². The summed E-state index contributed by atoms with van der Waals surface area (Å²) >= 11 is 0. The van der Waals surface area contributed by atoms with E-state index >= 15 is 0 Å². The molecule has 0 aromatic carbocycles. The van der Waals surface area contributed by atoms with Gasteiger partial charge in [0.2, 0.25) is 0 Å². The molecule has 5 nitrogen and oxygen atoms in total. The summed E-state index contributed by atoms with van der Waals surface area (Å²) in [6.45, 7) is 9.49. The van der Waals surface area contributed by atoms with Crippen molar-refractivity contribution in [3.05, 3.63) is 17.5 Å². The molecule has 2 aliphatic rings. The third kappa shape index (κ3) is 5.83. The van der Waals surface area contributed by atoms with Crippen molar-refractivity contribution in [2.45, 2.75) is 64.1 Å². The van der Waals surface area contributed by atoms with Crippen LogP contribution in [-0.2, 0) is 11.3 Å². The predicted molar refractivity (Wildman–Crippen MR) is 107 cm³/mol. The minimum atomic E-state index is 0. The van der Waals surface area contributed by atoms with Crippen LogP contribution in [0.5, 0.6) is 0 Å². The summed E-state index contributed by atoms with van der Waals surface area (Å²) in [5.41, 5.74) is 2.54. The lowest BCUT2D eigenvalue weighted by atomic mass is 9.82. The Morgan fingerprint density at radius 2 is 2.04 bits per heavy atom. The molecule has 3 heterocycles. The number of hydrogen-bond acceptors (Lipinski definition) is 4. The van der Waals surface area contributed by atoms with E-state index < -0.39 is 0 Å². The minimum Gasteiger partial charge on any atom is -0.375 e. The average Bonchev–Trinajstić information content (AvgIpc) is 2.86. The average molecular weight is 393 g/mol. The second-order valence-electron chi connectivity index (χ2n) is 7.41. The number of ether oxygens (including phenoxy) is 1. The SMILES string of the molecule is Cc1cc(C)n(CCCN(C)C2CCOC3(CCNCC3)C2)n1.Cl.Cl. The normalized spacial score (nSPS) is 22.5. The zero-order valence-corrected chi connectivity index (χ0v) is 17.4. The van der Waals surface area contributed by atoms with Gasteiger partial charge >= 0.3 is 0 Å². The maximum absolute atomic E-state index is 6.20. The lowest BCUT2D eigenvalue weighted by Crippen LogP contribution is -2.52. The number of halogens is 2. The summed E-state index contributed by atoms with van der Waals surface area (Å²) in [5.74, 6) is 0. The molecule has 1 spiro atoms. The van der Waals surface area contributed by atoms with E-state index in [1.165, 1.54) is 31.4 Å². The van der Waals surface area contributed by atoms with Crippen LogP contribution in [0.3, 0.4) is 0 Å². The molecule has 1 aromatic heterocycles. The van der Waals surface area contributed by atoms with Crippen LogP contribution in [0.15, 0.2) is 6.07 Å². The fraction of sp³-hybridized carbons (Fsp3) is 0.833. The van der Waals surface area contributed by atoms with Gasteiger partial charge in [0.15, 0.2) is 0 Å². The Hall–Kier alpha value is -0.330. The van der Waals surface area contributed by atoms with Crippen molar-refractivity contribution in [3.63, 3.8) is 0 Å². The molecule has 0 aliphatic carbocycles. The Labute approximate surface area is 164 Å². The summed E-state index contributed by atoms with van der Waals surface area (Å²) < 4.78 is 8.34. The standard InChI is InChI=1S/C18H32N4O.2ClH/c1-15-13-16(2)22(20-15)11-4-10-21(3)17-5-12-23-18(14-17)6-8-19-9-7-18;;/h13,17,19H,4-12,14H2,1-3H3;2*1H. The zero-order valence-electron chi connectivity index (χ0n) is 15.8. The van der Waals surface area contributed by atoms with Crippen LogP contribution in [0.25, 0.3) is 0 Å². The second-order valence-corrected chi connectivity index (χ2v) is 7.41. The van der Waals surface area contributed by atoms with Crippen LogP contribution in [0, 0.1) is 13.8 Å². The Balaban J connectivity index is 0.00000156. The largest absolute Gasteiger partial charge is 0.375 e. The van der Waals surface area contributed by atoms with E-state index in [2.05, 4.69) is 47.0 Å². The quantitative estimate of drug-likeness (QED) is 0.835. The molecule has 0 amide bonds. The number of rotatable bonds is 5. The van der Waals surface area contributed by atoms with Gasteiger partial charge in [-0.1, -0.05) is 0 Å². The highest BCUT2D eigenvalue weighted by Gasteiger charge is 2.39. The molecule has 2 aliphatic heterocycles. The molecule has 1 N–H and O–H groups in total. The highest BCUT2D eigenvalue weighted by molar-refractivity contribution is 5.85. The highest BCUT2D eigenvalue weighted by atomic mass is 35.5. The monoisotopic (exact) mass is 392 g/mol. The first kappa shape index (κ1) is 22.7. The van der Waals surface area contributed by atoms with Crippen molar-refractivity contribution in [2.24, 2.45) is 0 Å². The fourth-order valence-electron chi connectivity index (χ4n) is 4.16. The predicted octanol–water partition coefficient (Wildman–Crippen LogP) is 2.97. The smallest absolute Gasteiger partial charge is 0.0721 e. The third-order valence-corrected chi connectivity index (χ3v) is 5.59. The lowest BCUT2D eigenvalue weighted by molar-refractivity contribution is -0.118. The molecular formula is C18H34Cl2N4O. The first-order valence-corrected chi connectivity index (χ1v) is 9.14. The first-order chi connectivity index (χ1) is 11.1. The fourth-order valence-corrected chi connectivity index (χ4v) is 4.16. The topological polar surface area (TPSA) is 42.3 Å². The van der Waals surface area contributed by atoms with Gasteiger partial charge in [-0.25, -0.2) is 0 Å². The molecule has 0 saturated carbocycles. The number of nitrogens with zero attached hydrogens (tertiary/aromatic N) is 3. The Morgan fingerprint density at radius 1 is 1.32 bits per heavy atom. The summed E-state index contributed by atoms with van der Waals surface area (Å²) in [4.78, 5) is 2.55. The van der Waals surface area contributed by atoms with Gasteiger partial charge in [-0.3, -0.25) is 4.68 Å². The van der Waals surface area contributed by atoms with E-state index in [0.717, 1.165) is 44.9 Å². The zero-order chi connectivity index (χ0) is 16.3. The Bertz CT molecular complexity index is 512. The number of piperidine rings is 1. The van der Waals surface area contributed by atoms with E-state index in [1.54, 1.807) is 0 Å². The van der Waals surface area contributed by atoms with Gasteiger partial charge in [-0.2, -0.15) is 5.10 Å². The van der Waals surface area contributed by atoms with Gasteiger partial charge in [0.25, 0.3) is 0 Å². The maximum atomic E-state index is 6.20. The van der Waals surface area contributed by atoms with Crippen molar-refractivity contribution >= 4 is 24.8 Å². The molecule has 1 atom stereocenters. The van der Waals surface area contributed by atoms with E-state index in [1.807, 2.05) is 0 Å². The Morgan fingerprint density at radius 3 is 2.68 bits per heavy atom. The molecule has 3 rings (SSSR count). The molecule has 146 valence electrons. The molecule has 1 unspecified atom stereocenters. The van der Waals surface area contributed by atoms with E-state index in [0.29, 0.717) is 6.04 Å². The summed E-state index contributed by atoms with van der Waals surface area (Å²) in [7, 11) is 2.28. The third-order valence-electron chi connectivity index (χ3n) is 5.59. The number of hydrogen-bond donors (Lipinski definition) is 1. The summed E-state index contributed by atoms with van der Waals surface area (Å²) in [6, 6.07) is 2.82. The van der Waals surface area contributed by atoms with Crippen molar-refractivity contribution in [2.75, 3.05) is 33.3 Å². The molecule has 7 heteroatoms. The van der Waals surface area contributed by atoms with Gasteiger partial charge in [0.05, 0.1) is 11.3 Å². The van der Waals surface area contributed by atoms with E-state index in [4.69, 9.17) is 4.74 Å².